The highest BCUT2D eigenvalue weighted by atomic mass is 19.1. The van der Waals surface area contributed by atoms with Crippen LogP contribution < -0.4 is 5.32 Å². The van der Waals surface area contributed by atoms with Crippen molar-refractivity contribution in [1.82, 2.24) is 0 Å². The second kappa shape index (κ2) is 5.72. The van der Waals surface area contributed by atoms with Crippen molar-refractivity contribution in [3.8, 4) is 0 Å². The molecule has 1 aromatic carbocycles. The van der Waals surface area contributed by atoms with Crippen LogP contribution in [0, 0.1) is 24.1 Å². The quantitative estimate of drug-likeness (QED) is 0.863. The fourth-order valence-electron chi connectivity index (χ4n) is 2.66. The summed E-state index contributed by atoms with van der Waals surface area (Å²) in [5.41, 5.74) is 1.78. The van der Waals surface area contributed by atoms with Gasteiger partial charge in [-0.05, 0) is 43.0 Å². The molecule has 0 aromatic heterocycles. The number of benzene rings is 1. The molecule has 0 spiro atoms. The molecule has 112 valence electrons. The molecule has 2 rings (SSSR count). The van der Waals surface area contributed by atoms with Crippen LogP contribution in [0.15, 0.2) is 18.2 Å². The maximum absolute atomic E-state index is 13.3. The minimum Gasteiger partial charge on any atom is -0.382 e. The molecular formula is C17H26FNO. The van der Waals surface area contributed by atoms with Gasteiger partial charge in [0.15, 0.2) is 0 Å². The van der Waals surface area contributed by atoms with Crippen molar-refractivity contribution in [2.45, 2.75) is 53.2 Å². The molecular weight excluding hydrogens is 253 g/mol. The Morgan fingerprint density at radius 2 is 2.10 bits per heavy atom. The summed E-state index contributed by atoms with van der Waals surface area (Å²) in [6.45, 7) is 11.4. The van der Waals surface area contributed by atoms with E-state index in [9.17, 15) is 4.39 Å². The third-order valence-corrected chi connectivity index (χ3v) is 4.31. The average molecular weight is 279 g/mol. The first-order valence-electron chi connectivity index (χ1n) is 7.45. The SMILES string of the molecule is Cc1cc(NC2CC(OCC(C)C)C2(C)C)ccc1F. The van der Waals surface area contributed by atoms with Gasteiger partial charge in [0.1, 0.15) is 5.82 Å². The van der Waals surface area contributed by atoms with Crippen molar-refractivity contribution in [3.63, 3.8) is 0 Å². The van der Waals surface area contributed by atoms with E-state index in [0.717, 1.165) is 18.7 Å². The summed E-state index contributed by atoms with van der Waals surface area (Å²) in [6, 6.07) is 5.58. The Morgan fingerprint density at radius 1 is 1.40 bits per heavy atom. The van der Waals surface area contributed by atoms with Gasteiger partial charge in [0.25, 0.3) is 0 Å². The lowest BCUT2D eigenvalue weighted by atomic mass is 9.64. The third kappa shape index (κ3) is 3.14. The van der Waals surface area contributed by atoms with E-state index >= 15 is 0 Å². The van der Waals surface area contributed by atoms with Crippen molar-refractivity contribution < 1.29 is 9.13 Å². The Bertz CT molecular complexity index is 470. The molecule has 20 heavy (non-hydrogen) atoms. The first kappa shape index (κ1) is 15.3. The minimum atomic E-state index is -0.151. The molecule has 3 heteroatoms. The number of halogens is 1. The number of ether oxygens (including phenoxy) is 1. The molecule has 1 aliphatic rings. The molecule has 0 saturated heterocycles. The molecule has 2 nitrogen and oxygen atoms in total. The number of rotatable bonds is 5. The highest BCUT2D eigenvalue weighted by molar-refractivity contribution is 5.48. The van der Waals surface area contributed by atoms with Crippen LogP contribution in [0.5, 0.6) is 0 Å². The van der Waals surface area contributed by atoms with E-state index in [4.69, 9.17) is 4.74 Å². The van der Waals surface area contributed by atoms with E-state index in [2.05, 4.69) is 33.0 Å². The van der Waals surface area contributed by atoms with Crippen LogP contribution in [0.3, 0.4) is 0 Å². The van der Waals surface area contributed by atoms with Crippen molar-refractivity contribution in [3.05, 3.63) is 29.6 Å². The molecule has 0 bridgehead atoms. The van der Waals surface area contributed by atoms with Crippen LogP contribution in [-0.2, 0) is 4.74 Å². The van der Waals surface area contributed by atoms with E-state index in [1.807, 2.05) is 6.07 Å². The smallest absolute Gasteiger partial charge is 0.126 e. The van der Waals surface area contributed by atoms with Crippen LogP contribution in [0.1, 0.15) is 39.7 Å². The van der Waals surface area contributed by atoms with Gasteiger partial charge in [-0.3, -0.25) is 0 Å². The molecule has 1 aromatic rings. The predicted molar refractivity (Wildman–Crippen MR) is 81.5 cm³/mol. The maximum atomic E-state index is 13.3. The molecule has 0 radical (unpaired) electrons. The minimum absolute atomic E-state index is 0.108. The number of anilines is 1. The fourth-order valence-corrected chi connectivity index (χ4v) is 2.66. The van der Waals surface area contributed by atoms with Crippen LogP contribution in [0.2, 0.25) is 0 Å². The summed E-state index contributed by atoms with van der Waals surface area (Å²) in [7, 11) is 0. The monoisotopic (exact) mass is 279 g/mol. The zero-order valence-electron chi connectivity index (χ0n) is 13.2. The summed E-state index contributed by atoms with van der Waals surface area (Å²) >= 11 is 0. The van der Waals surface area contributed by atoms with Gasteiger partial charge in [0, 0.05) is 23.8 Å². The second-order valence-corrected chi connectivity index (χ2v) is 6.93. The molecule has 0 amide bonds. The van der Waals surface area contributed by atoms with Gasteiger partial charge < -0.3 is 10.1 Å². The molecule has 1 saturated carbocycles. The zero-order valence-corrected chi connectivity index (χ0v) is 13.2. The van der Waals surface area contributed by atoms with Crippen LogP contribution in [0.4, 0.5) is 10.1 Å². The van der Waals surface area contributed by atoms with Gasteiger partial charge in [-0.2, -0.15) is 0 Å². The molecule has 2 unspecified atom stereocenters. The van der Waals surface area contributed by atoms with Crippen LogP contribution >= 0.6 is 0 Å². The van der Waals surface area contributed by atoms with Gasteiger partial charge in [0.2, 0.25) is 0 Å². The Morgan fingerprint density at radius 3 is 2.65 bits per heavy atom. The van der Waals surface area contributed by atoms with E-state index in [1.165, 1.54) is 6.07 Å². The standard InChI is InChI=1S/C17H26FNO/c1-11(2)10-20-16-9-15(17(16,4)5)19-13-6-7-14(18)12(3)8-13/h6-8,11,15-16,19H,9-10H2,1-5H3. The number of nitrogens with one attached hydrogen (secondary N) is 1. The second-order valence-electron chi connectivity index (χ2n) is 6.93. The van der Waals surface area contributed by atoms with Gasteiger partial charge in [-0.25, -0.2) is 4.39 Å². The molecule has 0 aliphatic heterocycles. The summed E-state index contributed by atoms with van der Waals surface area (Å²) < 4.78 is 19.2. The Kier molecular flexibility index (Phi) is 4.38. The third-order valence-electron chi connectivity index (χ3n) is 4.31. The van der Waals surface area contributed by atoms with E-state index in [0.29, 0.717) is 23.6 Å². The van der Waals surface area contributed by atoms with Gasteiger partial charge in [-0.1, -0.05) is 27.7 Å². The van der Waals surface area contributed by atoms with Crippen molar-refractivity contribution >= 4 is 5.69 Å². The lowest BCUT2D eigenvalue weighted by molar-refractivity contribution is -0.108. The van der Waals surface area contributed by atoms with Gasteiger partial charge >= 0.3 is 0 Å². The Hall–Kier alpha value is -1.09. The summed E-state index contributed by atoms with van der Waals surface area (Å²) in [5.74, 6) is 0.416. The molecule has 1 fully saturated rings. The first-order chi connectivity index (χ1) is 9.30. The first-order valence-corrected chi connectivity index (χ1v) is 7.45. The van der Waals surface area contributed by atoms with Crippen molar-refractivity contribution in [2.24, 2.45) is 11.3 Å². The Labute approximate surface area is 121 Å². The van der Waals surface area contributed by atoms with Crippen molar-refractivity contribution in [2.75, 3.05) is 11.9 Å². The molecule has 2 atom stereocenters. The topological polar surface area (TPSA) is 21.3 Å². The predicted octanol–water partition coefficient (Wildman–Crippen LogP) is 4.39. The summed E-state index contributed by atoms with van der Waals surface area (Å²) in [6.07, 6.45) is 1.32. The van der Waals surface area contributed by atoms with Crippen LogP contribution in [-0.4, -0.2) is 18.8 Å². The number of aryl methyl sites for hydroxylation is 1. The van der Waals surface area contributed by atoms with E-state index < -0.39 is 0 Å². The zero-order chi connectivity index (χ0) is 14.9. The Balaban J connectivity index is 1.93. The summed E-state index contributed by atoms with van der Waals surface area (Å²) in [4.78, 5) is 0. The number of hydrogen-bond acceptors (Lipinski definition) is 2. The van der Waals surface area contributed by atoms with Crippen molar-refractivity contribution in [1.29, 1.82) is 0 Å². The molecule has 1 N–H and O–H groups in total. The molecule has 0 heterocycles. The van der Waals surface area contributed by atoms with Gasteiger partial charge in [0.05, 0.1) is 6.10 Å². The highest BCUT2D eigenvalue weighted by Gasteiger charge is 2.49. The average Bonchev–Trinajstić information content (AvgIpc) is 2.36. The summed E-state index contributed by atoms with van der Waals surface area (Å²) in [5, 5.41) is 3.51. The highest BCUT2D eigenvalue weighted by Crippen LogP contribution is 2.44. The lowest BCUT2D eigenvalue weighted by Crippen LogP contribution is -2.58. The van der Waals surface area contributed by atoms with E-state index in [-0.39, 0.29) is 11.2 Å². The normalized spacial score (nSPS) is 24.6. The van der Waals surface area contributed by atoms with E-state index in [1.54, 1.807) is 13.0 Å². The van der Waals surface area contributed by atoms with Crippen LogP contribution in [0.25, 0.3) is 0 Å². The molecule has 1 aliphatic carbocycles. The van der Waals surface area contributed by atoms with Gasteiger partial charge in [-0.15, -0.1) is 0 Å². The lowest BCUT2D eigenvalue weighted by Gasteiger charge is -2.52. The maximum Gasteiger partial charge on any atom is 0.126 e. The fraction of sp³-hybridized carbons (Fsp3) is 0.647. The number of hydrogen-bond donors (Lipinski definition) is 1. The largest absolute Gasteiger partial charge is 0.382 e.